The second-order valence-corrected chi connectivity index (χ2v) is 7.87. The topological polar surface area (TPSA) is 30.7 Å². The van der Waals surface area contributed by atoms with E-state index < -0.39 is 0 Å². The van der Waals surface area contributed by atoms with E-state index in [0.717, 1.165) is 27.5 Å². The Bertz CT molecular complexity index is 1740. The minimum Gasteiger partial charge on any atom is -0.309 e. The van der Waals surface area contributed by atoms with Crippen molar-refractivity contribution in [1.82, 2.24) is 14.5 Å². The summed E-state index contributed by atoms with van der Waals surface area (Å²) in [5.74, 6) is 0. The predicted molar refractivity (Wildman–Crippen MR) is 129 cm³/mol. The molecule has 0 aliphatic rings. The first kappa shape index (κ1) is 16.5. The van der Waals surface area contributed by atoms with Crippen LogP contribution in [-0.2, 0) is 0 Å². The quantitative estimate of drug-likeness (QED) is 0.279. The van der Waals surface area contributed by atoms with Crippen molar-refractivity contribution in [2.45, 2.75) is 0 Å². The van der Waals surface area contributed by atoms with Crippen molar-refractivity contribution in [3.63, 3.8) is 0 Å². The lowest BCUT2D eigenvalue weighted by atomic mass is 9.95. The van der Waals surface area contributed by atoms with Crippen LogP contribution in [0.25, 0.3) is 60.1 Å². The lowest BCUT2D eigenvalue weighted by Crippen LogP contribution is -1.93. The molecule has 7 rings (SSSR count). The van der Waals surface area contributed by atoms with Crippen LogP contribution in [-0.4, -0.2) is 14.5 Å². The van der Waals surface area contributed by atoms with E-state index in [9.17, 15) is 0 Å². The molecule has 2 aromatic heterocycles. The van der Waals surface area contributed by atoms with Crippen LogP contribution in [0.15, 0.2) is 103 Å². The van der Waals surface area contributed by atoms with Crippen LogP contribution >= 0.6 is 0 Å². The van der Waals surface area contributed by atoms with Crippen LogP contribution in [0.2, 0.25) is 0 Å². The van der Waals surface area contributed by atoms with Crippen LogP contribution in [0.4, 0.5) is 0 Å². The van der Waals surface area contributed by atoms with Crippen LogP contribution in [0, 0.1) is 0 Å². The average Bonchev–Trinajstić information content (AvgIpc) is 3.19. The molecule has 0 saturated heterocycles. The normalized spacial score (nSPS) is 11.9. The number of rotatable bonds is 1. The fourth-order valence-electron chi connectivity index (χ4n) is 5.03. The van der Waals surface area contributed by atoms with Gasteiger partial charge in [0.1, 0.15) is 0 Å². The summed E-state index contributed by atoms with van der Waals surface area (Å²) in [7, 11) is 0. The second-order valence-electron chi connectivity index (χ2n) is 7.87. The lowest BCUT2D eigenvalue weighted by molar-refractivity contribution is 1.18. The molecule has 0 amide bonds. The summed E-state index contributed by atoms with van der Waals surface area (Å²) in [6, 6.07) is 32.2. The fraction of sp³-hybridized carbons (Fsp3) is 0. The summed E-state index contributed by atoms with van der Waals surface area (Å²) in [6.07, 6.45) is 3.56. The average molecular weight is 395 g/mol. The standard InChI is InChI=1S/C28H17N3/c1-2-8-18(9-3-1)31-23-13-7-6-12-21(23)26-24(31)15-14-22-25(26)19-10-4-5-11-20(19)27-28(22)30-17-16-29-27/h1-17H. The molecule has 5 aromatic carbocycles. The summed E-state index contributed by atoms with van der Waals surface area (Å²) < 4.78 is 2.36. The third-order valence-corrected chi connectivity index (χ3v) is 6.26. The van der Waals surface area contributed by atoms with E-state index in [1.807, 2.05) is 0 Å². The number of aromatic nitrogens is 3. The highest BCUT2D eigenvalue weighted by Crippen LogP contribution is 2.42. The maximum atomic E-state index is 4.74. The summed E-state index contributed by atoms with van der Waals surface area (Å²) in [5, 5.41) is 7.26. The maximum absolute atomic E-state index is 4.74. The Balaban J connectivity index is 1.83. The molecule has 31 heavy (non-hydrogen) atoms. The minimum atomic E-state index is 0.953. The summed E-state index contributed by atoms with van der Waals surface area (Å²) in [5.41, 5.74) is 5.48. The molecule has 0 fully saturated rings. The molecule has 0 aliphatic heterocycles. The van der Waals surface area contributed by atoms with E-state index in [-0.39, 0.29) is 0 Å². The van der Waals surface area contributed by atoms with Crippen molar-refractivity contribution in [2.75, 3.05) is 0 Å². The molecular weight excluding hydrogens is 378 g/mol. The minimum absolute atomic E-state index is 0.953. The highest BCUT2D eigenvalue weighted by Gasteiger charge is 2.18. The number of nitrogens with zero attached hydrogens (tertiary/aromatic N) is 3. The van der Waals surface area contributed by atoms with Gasteiger partial charge >= 0.3 is 0 Å². The number of hydrogen-bond donors (Lipinski definition) is 0. The largest absolute Gasteiger partial charge is 0.309 e. The fourth-order valence-corrected chi connectivity index (χ4v) is 5.03. The Morgan fingerprint density at radius 3 is 1.90 bits per heavy atom. The van der Waals surface area contributed by atoms with Crippen molar-refractivity contribution in [2.24, 2.45) is 0 Å². The van der Waals surface area contributed by atoms with E-state index >= 15 is 0 Å². The number of hydrogen-bond acceptors (Lipinski definition) is 2. The van der Waals surface area contributed by atoms with E-state index in [2.05, 4.69) is 101 Å². The van der Waals surface area contributed by atoms with Gasteiger partial charge < -0.3 is 4.57 Å². The van der Waals surface area contributed by atoms with Gasteiger partial charge in [-0.25, -0.2) is 0 Å². The first-order valence-electron chi connectivity index (χ1n) is 10.4. The highest BCUT2D eigenvalue weighted by atomic mass is 15.0. The van der Waals surface area contributed by atoms with Gasteiger partial charge in [-0.2, -0.15) is 0 Å². The van der Waals surface area contributed by atoms with Crippen molar-refractivity contribution >= 4 is 54.4 Å². The van der Waals surface area contributed by atoms with Gasteiger partial charge in [-0.15, -0.1) is 0 Å². The molecule has 0 atom stereocenters. The molecule has 2 heterocycles. The molecule has 0 unspecified atom stereocenters. The van der Waals surface area contributed by atoms with Gasteiger partial charge in [-0.05, 0) is 35.7 Å². The van der Waals surface area contributed by atoms with E-state index in [0.29, 0.717) is 0 Å². The first-order chi connectivity index (χ1) is 15.4. The molecule has 0 spiro atoms. The van der Waals surface area contributed by atoms with Gasteiger partial charge in [0.2, 0.25) is 0 Å². The van der Waals surface area contributed by atoms with Crippen molar-refractivity contribution < 1.29 is 0 Å². The van der Waals surface area contributed by atoms with Gasteiger partial charge in [-0.1, -0.05) is 60.7 Å². The van der Waals surface area contributed by atoms with Gasteiger partial charge in [0.15, 0.2) is 0 Å². The van der Waals surface area contributed by atoms with Gasteiger partial charge in [0.25, 0.3) is 0 Å². The molecule has 3 heteroatoms. The van der Waals surface area contributed by atoms with Crippen molar-refractivity contribution in [3.05, 3.63) is 103 Å². The summed E-state index contributed by atoms with van der Waals surface area (Å²) >= 11 is 0. The third kappa shape index (κ3) is 2.18. The monoisotopic (exact) mass is 395 g/mol. The van der Waals surface area contributed by atoms with Crippen LogP contribution in [0.5, 0.6) is 0 Å². The van der Waals surface area contributed by atoms with Crippen molar-refractivity contribution in [3.8, 4) is 5.69 Å². The second kappa shape index (κ2) is 6.13. The number of fused-ring (bicyclic) bond motifs is 10. The van der Waals surface area contributed by atoms with Crippen LogP contribution in [0.3, 0.4) is 0 Å². The SMILES string of the molecule is c1ccc(-n2c3ccccc3c3c4c5ccccc5c5nccnc5c4ccc32)cc1. The molecule has 0 saturated carbocycles. The summed E-state index contributed by atoms with van der Waals surface area (Å²) in [4.78, 5) is 9.43. The van der Waals surface area contributed by atoms with Crippen LogP contribution in [0.1, 0.15) is 0 Å². The number of benzene rings is 5. The summed E-state index contributed by atoms with van der Waals surface area (Å²) in [6.45, 7) is 0. The van der Waals surface area contributed by atoms with E-state index in [4.69, 9.17) is 4.98 Å². The maximum Gasteiger partial charge on any atom is 0.0971 e. The molecule has 0 N–H and O–H groups in total. The highest BCUT2D eigenvalue weighted by molar-refractivity contribution is 6.34. The predicted octanol–water partition coefficient (Wildman–Crippen LogP) is 7.03. The molecule has 144 valence electrons. The smallest absolute Gasteiger partial charge is 0.0971 e. The van der Waals surface area contributed by atoms with Gasteiger partial charge in [-0.3, -0.25) is 9.97 Å². The number of para-hydroxylation sites is 2. The van der Waals surface area contributed by atoms with Crippen LogP contribution < -0.4 is 0 Å². The molecule has 0 bridgehead atoms. The Labute approximate surface area is 178 Å². The zero-order valence-corrected chi connectivity index (χ0v) is 16.7. The molecular formula is C28H17N3. The lowest BCUT2D eigenvalue weighted by Gasteiger charge is -2.11. The Morgan fingerprint density at radius 2 is 1.10 bits per heavy atom. The molecule has 0 aliphatic carbocycles. The molecule has 3 nitrogen and oxygen atoms in total. The zero-order chi connectivity index (χ0) is 20.4. The Hall–Kier alpha value is -4.24. The van der Waals surface area contributed by atoms with Gasteiger partial charge in [0.05, 0.1) is 22.1 Å². The van der Waals surface area contributed by atoms with E-state index in [1.54, 1.807) is 12.4 Å². The van der Waals surface area contributed by atoms with Crippen molar-refractivity contribution in [1.29, 1.82) is 0 Å². The molecule has 7 aromatic rings. The molecule has 0 radical (unpaired) electrons. The zero-order valence-electron chi connectivity index (χ0n) is 16.7. The third-order valence-electron chi connectivity index (χ3n) is 6.26. The first-order valence-corrected chi connectivity index (χ1v) is 10.4. The van der Waals surface area contributed by atoms with E-state index in [1.165, 1.54) is 32.6 Å². The Morgan fingerprint density at radius 1 is 0.452 bits per heavy atom. The van der Waals surface area contributed by atoms with Gasteiger partial charge in [0, 0.05) is 45.0 Å². The Kier molecular flexibility index (Phi) is 3.27.